The standard InChI is InChI=1S/C25H21N3O3/c1-17-6-10-19(11-7-17)22-16-28(27-26-22)21-5-3-4-20(15-21)23(29)12-8-18-9-13-25(31-2)24(30)14-18/h3-16,30H,1-2H3/b12-8+. The van der Waals surface area contributed by atoms with E-state index in [1.807, 2.05) is 49.5 Å². The molecule has 6 heteroatoms. The van der Waals surface area contributed by atoms with Gasteiger partial charge in [0.25, 0.3) is 0 Å². The molecule has 0 bridgehead atoms. The van der Waals surface area contributed by atoms with Gasteiger partial charge in [0, 0.05) is 11.1 Å². The molecule has 0 saturated heterocycles. The predicted octanol–water partition coefficient (Wildman–Crippen LogP) is 4.85. The lowest BCUT2D eigenvalue weighted by Crippen LogP contribution is -1.99. The van der Waals surface area contributed by atoms with Gasteiger partial charge in [0.05, 0.1) is 19.0 Å². The minimum Gasteiger partial charge on any atom is -0.504 e. The van der Waals surface area contributed by atoms with Crippen molar-refractivity contribution in [3.8, 4) is 28.4 Å². The van der Waals surface area contributed by atoms with Crippen LogP contribution in [0.4, 0.5) is 0 Å². The van der Waals surface area contributed by atoms with Crippen molar-refractivity contribution in [1.29, 1.82) is 0 Å². The third kappa shape index (κ3) is 4.53. The topological polar surface area (TPSA) is 77.2 Å². The number of aromatic hydroxyl groups is 1. The highest BCUT2D eigenvalue weighted by Crippen LogP contribution is 2.26. The molecule has 154 valence electrons. The monoisotopic (exact) mass is 411 g/mol. The first-order valence-electron chi connectivity index (χ1n) is 9.73. The molecule has 0 amide bonds. The van der Waals surface area contributed by atoms with E-state index in [1.165, 1.54) is 18.7 Å². The van der Waals surface area contributed by atoms with Gasteiger partial charge in [0.2, 0.25) is 0 Å². The van der Waals surface area contributed by atoms with Crippen molar-refractivity contribution in [2.45, 2.75) is 6.92 Å². The van der Waals surface area contributed by atoms with Crippen molar-refractivity contribution in [2.75, 3.05) is 7.11 Å². The number of rotatable bonds is 6. The Labute approximate surface area is 180 Å². The van der Waals surface area contributed by atoms with Gasteiger partial charge in [-0.05, 0) is 42.8 Å². The smallest absolute Gasteiger partial charge is 0.185 e. The zero-order valence-corrected chi connectivity index (χ0v) is 17.2. The van der Waals surface area contributed by atoms with E-state index in [0.29, 0.717) is 16.9 Å². The molecule has 6 nitrogen and oxygen atoms in total. The third-order valence-corrected chi connectivity index (χ3v) is 4.87. The SMILES string of the molecule is COc1ccc(/C=C/C(=O)c2cccc(-n3cc(-c4ccc(C)cc4)nn3)c2)cc1O. The van der Waals surface area contributed by atoms with Crippen molar-refractivity contribution >= 4 is 11.9 Å². The summed E-state index contributed by atoms with van der Waals surface area (Å²) in [5, 5.41) is 18.3. The largest absolute Gasteiger partial charge is 0.504 e. The number of nitrogens with zero attached hydrogens (tertiary/aromatic N) is 3. The Morgan fingerprint density at radius 1 is 1.06 bits per heavy atom. The van der Waals surface area contributed by atoms with E-state index in [2.05, 4.69) is 10.3 Å². The Hall–Kier alpha value is -4.19. The first-order chi connectivity index (χ1) is 15.0. The normalized spacial score (nSPS) is 11.0. The number of hydrogen-bond acceptors (Lipinski definition) is 5. The molecule has 31 heavy (non-hydrogen) atoms. The number of carbonyl (C=O) groups excluding carboxylic acids is 1. The van der Waals surface area contributed by atoms with Crippen molar-refractivity contribution in [2.24, 2.45) is 0 Å². The summed E-state index contributed by atoms with van der Waals surface area (Å²) in [5.74, 6) is 0.250. The van der Waals surface area contributed by atoms with E-state index in [1.54, 1.807) is 41.1 Å². The quantitative estimate of drug-likeness (QED) is 0.362. The Bertz CT molecular complexity index is 1260. The third-order valence-electron chi connectivity index (χ3n) is 4.87. The van der Waals surface area contributed by atoms with E-state index in [-0.39, 0.29) is 11.5 Å². The lowest BCUT2D eigenvalue weighted by molar-refractivity contribution is 0.104. The fourth-order valence-corrected chi connectivity index (χ4v) is 3.13. The van der Waals surface area contributed by atoms with Gasteiger partial charge >= 0.3 is 0 Å². The maximum atomic E-state index is 12.6. The van der Waals surface area contributed by atoms with Crippen LogP contribution in [0.2, 0.25) is 0 Å². The molecule has 0 aliphatic rings. The summed E-state index contributed by atoms with van der Waals surface area (Å²) in [5.41, 5.74) is 4.89. The number of ketones is 1. The fraction of sp³-hybridized carbons (Fsp3) is 0.0800. The zero-order chi connectivity index (χ0) is 21.8. The maximum absolute atomic E-state index is 12.6. The summed E-state index contributed by atoms with van der Waals surface area (Å²) in [6, 6.07) is 20.2. The molecule has 0 unspecified atom stereocenters. The highest BCUT2D eigenvalue weighted by molar-refractivity contribution is 6.07. The Balaban J connectivity index is 1.53. The van der Waals surface area contributed by atoms with Crippen molar-refractivity contribution < 1.29 is 14.6 Å². The van der Waals surface area contributed by atoms with E-state index in [0.717, 1.165) is 16.9 Å². The molecule has 3 aromatic carbocycles. The average molecular weight is 411 g/mol. The second-order valence-corrected chi connectivity index (χ2v) is 7.09. The van der Waals surface area contributed by atoms with Gasteiger partial charge in [-0.15, -0.1) is 5.10 Å². The van der Waals surface area contributed by atoms with Crippen molar-refractivity contribution in [3.63, 3.8) is 0 Å². The number of phenols is 1. The minimum absolute atomic E-state index is 0.0228. The number of aromatic nitrogens is 3. The summed E-state index contributed by atoms with van der Waals surface area (Å²) in [7, 11) is 1.49. The molecule has 0 spiro atoms. The van der Waals surface area contributed by atoms with Crippen molar-refractivity contribution in [1.82, 2.24) is 15.0 Å². The van der Waals surface area contributed by atoms with E-state index >= 15 is 0 Å². The van der Waals surface area contributed by atoms with Gasteiger partial charge in [-0.3, -0.25) is 4.79 Å². The highest BCUT2D eigenvalue weighted by Gasteiger charge is 2.08. The first kappa shape index (κ1) is 20.1. The molecule has 4 rings (SSSR count). The number of carbonyl (C=O) groups is 1. The van der Waals surface area contributed by atoms with E-state index in [4.69, 9.17) is 4.74 Å². The minimum atomic E-state index is -0.156. The van der Waals surface area contributed by atoms with E-state index < -0.39 is 0 Å². The first-order valence-corrected chi connectivity index (χ1v) is 9.73. The molecule has 0 aliphatic heterocycles. The maximum Gasteiger partial charge on any atom is 0.185 e. The van der Waals surface area contributed by atoms with Crippen LogP contribution in [0, 0.1) is 6.92 Å². The molecule has 0 aliphatic carbocycles. The number of allylic oxidation sites excluding steroid dienone is 1. The van der Waals surface area contributed by atoms with Gasteiger partial charge in [-0.25, -0.2) is 4.68 Å². The molecule has 4 aromatic rings. The molecule has 0 saturated carbocycles. The number of methoxy groups -OCH3 is 1. The molecular weight excluding hydrogens is 390 g/mol. The summed E-state index contributed by atoms with van der Waals surface area (Å²) >= 11 is 0. The van der Waals surface area contributed by atoms with Crippen LogP contribution in [0.3, 0.4) is 0 Å². The van der Waals surface area contributed by atoms with Crippen LogP contribution in [0.1, 0.15) is 21.5 Å². The average Bonchev–Trinajstić information content (AvgIpc) is 3.28. The van der Waals surface area contributed by atoms with Gasteiger partial charge in [0.1, 0.15) is 5.69 Å². The molecule has 1 aromatic heterocycles. The van der Waals surface area contributed by atoms with Crippen LogP contribution >= 0.6 is 0 Å². The van der Waals surface area contributed by atoms with Gasteiger partial charge < -0.3 is 9.84 Å². The Kier molecular flexibility index (Phi) is 5.62. The van der Waals surface area contributed by atoms with E-state index in [9.17, 15) is 9.90 Å². The molecular formula is C25H21N3O3. The lowest BCUT2D eigenvalue weighted by atomic mass is 10.1. The predicted molar refractivity (Wildman–Crippen MR) is 120 cm³/mol. The lowest BCUT2D eigenvalue weighted by Gasteiger charge is -2.04. The Morgan fingerprint density at radius 2 is 1.87 bits per heavy atom. The van der Waals surface area contributed by atoms with Crippen LogP contribution in [0.5, 0.6) is 11.5 Å². The molecule has 0 atom stereocenters. The van der Waals surface area contributed by atoms with Crippen LogP contribution < -0.4 is 4.74 Å². The summed E-state index contributed by atoms with van der Waals surface area (Å²) < 4.78 is 6.68. The highest BCUT2D eigenvalue weighted by atomic mass is 16.5. The van der Waals surface area contributed by atoms with Gasteiger partial charge in [0.15, 0.2) is 17.3 Å². The molecule has 0 fully saturated rings. The van der Waals surface area contributed by atoms with Crippen molar-refractivity contribution in [3.05, 3.63) is 95.7 Å². The number of phenolic OH excluding ortho intramolecular Hbond substituents is 1. The number of hydrogen-bond donors (Lipinski definition) is 1. The number of benzene rings is 3. The molecule has 1 N–H and O–H groups in total. The fourth-order valence-electron chi connectivity index (χ4n) is 3.13. The number of ether oxygens (including phenoxy) is 1. The van der Waals surface area contributed by atoms with Gasteiger partial charge in [-0.2, -0.15) is 0 Å². The van der Waals surface area contributed by atoms with Crippen LogP contribution in [-0.2, 0) is 0 Å². The van der Waals surface area contributed by atoms with Crippen LogP contribution in [-0.4, -0.2) is 33.0 Å². The van der Waals surface area contributed by atoms with Crippen LogP contribution in [0.25, 0.3) is 23.0 Å². The number of aryl methyl sites for hydroxylation is 1. The summed E-state index contributed by atoms with van der Waals surface area (Å²) in [6.07, 6.45) is 4.96. The second-order valence-electron chi connectivity index (χ2n) is 7.09. The summed E-state index contributed by atoms with van der Waals surface area (Å²) in [6.45, 7) is 2.04. The Morgan fingerprint density at radius 3 is 2.61 bits per heavy atom. The van der Waals surface area contributed by atoms with Crippen LogP contribution in [0.15, 0.2) is 79.0 Å². The molecule has 0 radical (unpaired) electrons. The zero-order valence-electron chi connectivity index (χ0n) is 17.2. The van der Waals surface area contributed by atoms with Gasteiger partial charge in [-0.1, -0.05) is 59.3 Å². The summed E-state index contributed by atoms with van der Waals surface area (Å²) in [4.78, 5) is 12.6. The second kappa shape index (κ2) is 8.67. The molecule has 1 heterocycles.